The third kappa shape index (κ3) is 2.40. The molecular formula is C14H10FN3O3. The molecule has 0 fully saturated rings. The first-order valence-corrected chi connectivity index (χ1v) is 6.10. The molecule has 0 spiro atoms. The molecule has 0 aliphatic carbocycles. The number of aromatic nitrogens is 3. The van der Waals surface area contributed by atoms with Gasteiger partial charge in [-0.25, -0.2) is 13.7 Å². The molecule has 21 heavy (non-hydrogen) atoms. The van der Waals surface area contributed by atoms with Crippen molar-refractivity contribution in [2.75, 3.05) is 0 Å². The summed E-state index contributed by atoms with van der Waals surface area (Å²) >= 11 is 0. The summed E-state index contributed by atoms with van der Waals surface area (Å²) in [5, 5.41) is 12.9. The number of carbonyl (C=O) groups is 1. The molecule has 3 rings (SSSR count). The largest absolute Gasteiger partial charge is 0.478 e. The molecule has 3 aromatic rings. The van der Waals surface area contributed by atoms with Gasteiger partial charge in [0.05, 0.1) is 18.3 Å². The summed E-state index contributed by atoms with van der Waals surface area (Å²) < 4.78 is 16.2. The first kappa shape index (κ1) is 13.0. The van der Waals surface area contributed by atoms with E-state index in [0.717, 1.165) is 6.07 Å². The third-order valence-corrected chi connectivity index (χ3v) is 3.10. The lowest BCUT2D eigenvalue weighted by Gasteiger charge is -2.07. The van der Waals surface area contributed by atoms with Crippen molar-refractivity contribution in [2.24, 2.45) is 0 Å². The van der Waals surface area contributed by atoms with Crippen LogP contribution in [0.15, 0.2) is 47.7 Å². The van der Waals surface area contributed by atoms with Gasteiger partial charge in [-0.05, 0) is 29.8 Å². The van der Waals surface area contributed by atoms with Gasteiger partial charge in [0, 0.05) is 12.4 Å². The van der Waals surface area contributed by atoms with Gasteiger partial charge in [-0.15, -0.1) is 0 Å². The Bertz CT molecular complexity index is 898. The zero-order valence-electron chi connectivity index (χ0n) is 10.7. The van der Waals surface area contributed by atoms with Crippen molar-refractivity contribution in [3.8, 4) is 0 Å². The minimum absolute atomic E-state index is 0.0819. The van der Waals surface area contributed by atoms with Gasteiger partial charge in [0.25, 0.3) is 5.56 Å². The summed E-state index contributed by atoms with van der Waals surface area (Å²) in [6.45, 7) is 0.0819. The normalized spacial score (nSPS) is 10.9. The van der Waals surface area contributed by atoms with E-state index in [2.05, 4.69) is 5.10 Å². The fourth-order valence-corrected chi connectivity index (χ4v) is 2.15. The Hall–Kier alpha value is -2.96. The maximum absolute atomic E-state index is 13.4. The third-order valence-electron chi connectivity index (χ3n) is 3.10. The Kier molecular flexibility index (Phi) is 3.02. The van der Waals surface area contributed by atoms with Crippen LogP contribution in [0.5, 0.6) is 0 Å². The Morgan fingerprint density at radius 2 is 2.10 bits per heavy atom. The van der Waals surface area contributed by atoms with Gasteiger partial charge in [-0.3, -0.25) is 4.79 Å². The highest BCUT2D eigenvalue weighted by molar-refractivity contribution is 5.87. The van der Waals surface area contributed by atoms with Crippen LogP contribution in [0.2, 0.25) is 0 Å². The Morgan fingerprint density at radius 1 is 1.29 bits per heavy atom. The lowest BCUT2D eigenvalue weighted by Crippen LogP contribution is -2.22. The van der Waals surface area contributed by atoms with Crippen LogP contribution in [0.25, 0.3) is 5.52 Å². The van der Waals surface area contributed by atoms with E-state index in [-0.39, 0.29) is 17.7 Å². The molecule has 0 saturated carbocycles. The maximum Gasteiger partial charge on any atom is 0.335 e. The average molecular weight is 287 g/mol. The standard InChI is InChI=1S/C14H10FN3O3/c15-11-6-9(5-10(7-11)14(20)21)8-17-3-4-18-12(13(17)19)1-2-16-18/h1-7H,8H2,(H,20,21). The highest BCUT2D eigenvalue weighted by atomic mass is 19.1. The predicted octanol–water partition coefficient (Wildman–Crippen LogP) is 1.38. The van der Waals surface area contributed by atoms with Crippen LogP contribution in [0.1, 0.15) is 15.9 Å². The van der Waals surface area contributed by atoms with Crippen molar-refractivity contribution in [3.63, 3.8) is 0 Å². The van der Waals surface area contributed by atoms with Crippen LogP contribution in [-0.2, 0) is 6.54 Å². The lowest BCUT2D eigenvalue weighted by molar-refractivity contribution is 0.0696. The van der Waals surface area contributed by atoms with Crippen molar-refractivity contribution >= 4 is 11.5 Å². The second kappa shape index (κ2) is 4.86. The number of hydrogen-bond acceptors (Lipinski definition) is 3. The summed E-state index contributed by atoms with van der Waals surface area (Å²) in [7, 11) is 0. The van der Waals surface area contributed by atoms with Gasteiger partial charge in [0.1, 0.15) is 11.3 Å². The zero-order valence-corrected chi connectivity index (χ0v) is 10.7. The first-order chi connectivity index (χ1) is 10.0. The average Bonchev–Trinajstić information content (AvgIpc) is 2.90. The fraction of sp³-hybridized carbons (Fsp3) is 0.0714. The fourth-order valence-electron chi connectivity index (χ4n) is 2.15. The SMILES string of the molecule is O=C(O)c1cc(F)cc(Cn2ccn3nccc3c2=O)c1. The van der Waals surface area contributed by atoms with Gasteiger partial charge < -0.3 is 9.67 Å². The minimum atomic E-state index is -1.21. The van der Waals surface area contributed by atoms with Gasteiger partial charge in [0.2, 0.25) is 0 Å². The van der Waals surface area contributed by atoms with Gasteiger partial charge in [-0.2, -0.15) is 5.10 Å². The van der Waals surface area contributed by atoms with Gasteiger partial charge in [-0.1, -0.05) is 0 Å². The number of carboxylic acids is 1. The number of benzene rings is 1. The van der Waals surface area contributed by atoms with E-state index >= 15 is 0 Å². The van der Waals surface area contributed by atoms with Crippen LogP contribution < -0.4 is 5.56 Å². The van der Waals surface area contributed by atoms with E-state index in [4.69, 9.17) is 5.11 Å². The van der Waals surface area contributed by atoms with Crippen molar-refractivity contribution in [3.05, 3.63) is 70.2 Å². The second-order valence-electron chi connectivity index (χ2n) is 4.55. The molecule has 2 heterocycles. The molecular weight excluding hydrogens is 277 g/mol. The Morgan fingerprint density at radius 3 is 2.86 bits per heavy atom. The number of carboxylic acid groups (broad SMARTS) is 1. The van der Waals surface area contributed by atoms with E-state index in [1.807, 2.05) is 0 Å². The topological polar surface area (TPSA) is 76.6 Å². The van der Waals surface area contributed by atoms with Gasteiger partial charge >= 0.3 is 5.97 Å². The minimum Gasteiger partial charge on any atom is -0.478 e. The van der Waals surface area contributed by atoms with E-state index < -0.39 is 11.8 Å². The summed E-state index contributed by atoms with van der Waals surface area (Å²) in [4.78, 5) is 23.1. The lowest BCUT2D eigenvalue weighted by atomic mass is 10.1. The number of hydrogen-bond donors (Lipinski definition) is 1. The van der Waals surface area contributed by atoms with Crippen LogP contribution in [0.3, 0.4) is 0 Å². The molecule has 0 atom stereocenters. The highest BCUT2D eigenvalue weighted by Gasteiger charge is 2.09. The summed E-state index contributed by atoms with van der Waals surface area (Å²) in [5.41, 5.74) is 0.366. The monoisotopic (exact) mass is 287 g/mol. The molecule has 106 valence electrons. The Labute approximate surface area is 117 Å². The van der Waals surface area contributed by atoms with E-state index in [1.54, 1.807) is 12.3 Å². The molecule has 0 aliphatic rings. The second-order valence-corrected chi connectivity index (χ2v) is 4.55. The number of rotatable bonds is 3. The van der Waals surface area contributed by atoms with Crippen LogP contribution >= 0.6 is 0 Å². The highest BCUT2D eigenvalue weighted by Crippen LogP contribution is 2.10. The van der Waals surface area contributed by atoms with E-state index in [0.29, 0.717) is 11.1 Å². The maximum atomic E-state index is 13.4. The van der Waals surface area contributed by atoms with Crippen molar-refractivity contribution in [2.45, 2.75) is 6.54 Å². The number of aromatic carboxylic acids is 1. The first-order valence-electron chi connectivity index (χ1n) is 6.10. The molecule has 0 bridgehead atoms. The molecule has 0 aliphatic heterocycles. The number of halogens is 1. The molecule has 0 radical (unpaired) electrons. The van der Waals surface area contributed by atoms with Gasteiger partial charge in [0.15, 0.2) is 0 Å². The van der Waals surface area contributed by atoms with Crippen LogP contribution in [0, 0.1) is 5.82 Å². The van der Waals surface area contributed by atoms with Crippen LogP contribution in [-0.4, -0.2) is 25.3 Å². The van der Waals surface area contributed by atoms with Crippen LogP contribution in [0.4, 0.5) is 4.39 Å². The smallest absolute Gasteiger partial charge is 0.335 e. The quantitative estimate of drug-likeness (QED) is 0.789. The predicted molar refractivity (Wildman–Crippen MR) is 71.9 cm³/mol. The van der Waals surface area contributed by atoms with E-state index in [1.165, 1.54) is 33.6 Å². The molecule has 1 aromatic carbocycles. The zero-order chi connectivity index (χ0) is 15.0. The molecule has 6 nitrogen and oxygen atoms in total. The summed E-state index contributed by atoms with van der Waals surface area (Å²) in [6, 6.07) is 5.07. The Balaban J connectivity index is 2.04. The number of nitrogens with zero attached hydrogens (tertiary/aromatic N) is 3. The molecule has 0 amide bonds. The molecule has 2 aromatic heterocycles. The van der Waals surface area contributed by atoms with Crippen molar-refractivity contribution in [1.82, 2.24) is 14.2 Å². The van der Waals surface area contributed by atoms with Crippen molar-refractivity contribution < 1.29 is 14.3 Å². The molecule has 1 N–H and O–H groups in total. The van der Waals surface area contributed by atoms with E-state index in [9.17, 15) is 14.0 Å². The molecule has 0 unspecified atom stereocenters. The van der Waals surface area contributed by atoms with Crippen molar-refractivity contribution in [1.29, 1.82) is 0 Å². The number of fused-ring (bicyclic) bond motifs is 1. The molecule has 7 heteroatoms. The molecule has 0 saturated heterocycles. The summed E-state index contributed by atoms with van der Waals surface area (Å²) in [6.07, 6.45) is 4.63. The summed E-state index contributed by atoms with van der Waals surface area (Å²) in [5.74, 6) is -1.86.